The third-order valence-electron chi connectivity index (χ3n) is 2.73. The number of benzene rings is 1. The quantitative estimate of drug-likeness (QED) is 0.879. The monoisotopic (exact) mass is 279 g/mol. The highest BCUT2D eigenvalue weighted by atomic mass is 32.1. The first kappa shape index (κ1) is 14.0. The molecule has 1 unspecified atom stereocenters. The lowest BCUT2D eigenvalue weighted by molar-refractivity contribution is 0.320. The van der Waals surface area contributed by atoms with Crippen LogP contribution in [-0.2, 0) is 12.8 Å². The molecule has 0 bridgehead atoms. The summed E-state index contributed by atoms with van der Waals surface area (Å²) in [4.78, 5) is 0. The molecule has 1 heterocycles. The first-order valence-corrected chi connectivity index (χ1v) is 7.26. The molecule has 0 saturated carbocycles. The van der Waals surface area contributed by atoms with Crippen LogP contribution in [0.5, 0.6) is 5.75 Å². The van der Waals surface area contributed by atoms with Gasteiger partial charge in [0.05, 0.1) is 6.61 Å². The molecular formula is C15H18FNOS. The maximum atomic E-state index is 13.5. The third-order valence-corrected chi connectivity index (χ3v) is 3.46. The van der Waals surface area contributed by atoms with E-state index < -0.39 is 0 Å². The first-order chi connectivity index (χ1) is 9.13. The molecule has 0 amide bonds. The van der Waals surface area contributed by atoms with Gasteiger partial charge in [-0.05, 0) is 53.4 Å². The van der Waals surface area contributed by atoms with Crippen molar-refractivity contribution in [3.8, 4) is 5.75 Å². The van der Waals surface area contributed by atoms with Gasteiger partial charge in [-0.3, -0.25) is 0 Å². The van der Waals surface area contributed by atoms with Crippen molar-refractivity contribution >= 4 is 11.3 Å². The molecule has 0 aliphatic carbocycles. The third kappa shape index (κ3) is 4.65. The zero-order valence-corrected chi connectivity index (χ0v) is 11.8. The van der Waals surface area contributed by atoms with Gasteiger partial charge in [0.25, 0.3) is 0 Å². The predicted octanol–water partition coefficient (Wildman–Crippen LogP) is 3.40. The van der Waals surface area contributed by atoms with Crippen LogP contribution in [0.2, 0.25) is 0 Å². The Kier molecular flexibility index (Phi) is 4.93. The molecule has 0 aliphatic heterocycles. The zero-order chi connectivity index (χ0) is 13.7. The Balaban J connectivity index is 1.93. The molecule has 0 saturated heterocycles. The zero-order valence-electron chi connectivity index (χ0n) is 10.9. The number of ether oxygens (including phenoxy) is 1. The molecule has 2 rings (SSSR count). The number of hydrogen-bond acceptors (Lipinski definition) is 3. The van der Waals surface area contributed by atoms with Crippen molar-refractivity contribution in [3.05, 3.63) is 52.0 Å². The Bertz CT molecular complexity index is 511. The van der Waals surface area contributed by atoms with Crippen LogP contribution in [0, 0.1) is 5.82 Å². The maximum Gasteiger partial charge on any atom is 0.127 e. The van der Waals surface area contributed by atoms with Gasteiger partial charge in [0.15, 0.2) is 0 Å². The van der Waals surface area contributed by atoms with E-state index in [4.69, 9.17) is 10.5 Å². The average molecular weight is 279 g/mol. The summed E-state index contributed by atoms with van der Waals surface area (Å²) in [6, 6.07) is 6.87. The van der Waals surface area contributed by atoms with Gasteiger partial charge in [-0.1, -0.05) is 0 Å². The summed E-state index contributed by atoms with van der Waals surface area (Å²) in [5.41, 5.74) is 7.85. The molecule has 0 aliphatic rings. The van der Waals surface area contributed by atoms with Gasteiger partial charge in [-0.25, -0.2) is 4.39 Å². The molecule has 19 heavy (non-hydrogen) atoms. The van der Waals surface area contributed by atoms with Crippen LogP contribution in [-0.4, -0.2) is 12.6 Å². The van der Waals surface area contributed by atoms with E-state index in [9.17, 15) is 4.39 Å². The average Bonchev–Trinajstić information content (AvgIpc) is 2.80. The largest absolute Gasteiger partial charge is 0.493 e. The molecule has 0 spiro atoms. The first-order valence-electron chi connectivity index (χ1n) is 6.32. The van der Waals surface area contributed by atoms with Crippen LogP contribution in [0.15, 0.2) is 35.0 Å². The Morgan fingerprint density at radius 1 is 1.32 bits per heavy atom. The van der Waals surface area contributed by atoms with Crippen molar-refractivity contribution < 1.29 is 9.13 Å². The summed E-state index contributed by atoms with van der Waals surface area (Å²) in [5, 5.41) is 4.13. The summed E-state index contributed by atoms with van der Waals surface area (Å²) in [5.74, 6) is 0.301. The van der Waals surface area contributed by atoms with Crippen molar-refractivity contribution in [2.75, 3.05) is 6.61 Å². The van der Waals surface area contributed by atoms with Crippen LogP contribution in [0.1, 0.15) is 18.1 Å². The normalized spacial score (nSPS) is 12.4. The van der Waals surface area contributed by atoms with Crippen molar-refractivity contribution in [1.29, 1.82) is 0 Å². The van der Waals surface area contributed by atoms with Gasteiger partial charge >= 0.3 is 0 Å². The van der Waals surface area contributed by atoms with Crippen LogP contribution < -0.4 is 10.5 Å². The molecule has 1 atom stereocenters. The van der Waals surface area contributed by atoms with E-state index in [2.05, 4.69) is 11.4 Å². The van der Waals surface area contributed by atoms with Gasteiger partial charge in [0.1, 0.15) is 11.6 Å². The second-order valence-electron chi connectivity index (χ2n) is 4.71. The van der Waals surface area contributed by atoms with Gasteiger partial charge in [-0.15, -0.1) is 0 Å². The summed E-state index contributed by atoms with van der Waals surface area (Å²) >= 11 is 1.67. The number of rotatable bonds is 6. The summed E-state index contributed by atoms with van der Waals surface area (Å²) < 4.78 is 19.1. The molecule has 2 N–H and O–H groups in total. The number of halogens is 1. The molecule has 1 aromatic carbocycles. The highest BCUT2D eigenvalue weighted by Crippen LogP contribution is 2.18. The van der Waals surface area contributed by atoms with Crippen molar-refractivity contribution in [1.82, 2.24) is 0 Å². The van der Waals surface area contributed by atoms with Crippen molar-refractivity contribution in [2.45, 2.75) is 25.8 Å². The summed E-state index contributed by atoms with van der Waals surface area (Å²) in [6.07, 6.45) is 1.49. The van der Waals surface area contributed by atoms with E-state index in [1.54, 1.807) is 11.3 Å². The highest BCUT2D eigenvalue weighted by Gasteiger charge is 2.04. The SMILES string of the molecule is CC(N)Cc1cc(F)cc(OCCc2ccsc2)c1. The summed E-state index contributed by atoms with van der Waals surface area (Å²) in [6.45, 7) is 2.46. The molecule has 1 aromatic heterocycles. The van der Waals surface area contributed by atoms with E-state index in [0.717, 1.165) is 12.0 Å². The maximum absolute atomic E-state index is 13.5. The minimum atomic E-state index is -0.274. The van der Waals surface area contributed by atoms with Gasteiger partial charge in [-0.2, -0.15) is 11.3 Å². The fraction of sp³-hybridized carbons (Fsp3) is 0.333. The van der Waals surface area contributed by atoms with E-state index in [0.29, 0.717) is 18.8 Å². The van der Waals surface area contributed by atoms with E-state index in [1.807, 2.05) is 18.4 Å². The smallest absolute Gasteiger partial charge is 0.127 e. The van der Waals surface area contributed by atoms with Crippen molar-refractivity contribution in [3.63, 3.8) is 0 Å². The second-order valence-corrected chi connectivity index (χ2v) is 5.49. The van der Waals surface area contributed by atoms with E-state index >= 15 is 0 Å². The second kappa shape index (κ2) is 6.68. The van der Waals surface area contributed by atoms with Gasteiger partial charge in [0, 0.05) is 18.5 Å². The predicted molar refractivity (Wildman–Crippen MR) is 77.3 cm³/mol. The molecule has 0 radical (unpaired) electrons. The highest BCUT2D eigenvalue weighted by molar-refractivity contribution is 7.07. The molecule has 102 valence electrons. The lowest BCUT2D eigenvalue weighted by atomic mass is 10.1. The number of hydrogen-bond donors (Lipinski definition) is 1. The molecule has 4 heteroatoms. The Labute approximate surface area is 117 Å². The van der Waals surface area contributed by atoms with Crippen molar-refractivity contribution in [2.24, 2.45) is 5.73 Å². The van der Waals surface area contributed by atoms with Gasteiger partial charge < -0.3 is 10.5 Å². The minimum Gasteiger partial charge on any atom is -0.493 e. The van der Waals surface area contributed by atoms with E-state index in [1.165, 1.54) is 17.7 Å². The molecule has 2 aromatic rings. The number of nitrogens with two attached hydrogens (primary N) is 1. The van der Waals surface area contributed by atoms with Crippen LogP contribution in [0.25, 0.3) is 0 Å². The Morgan fingerprint density at radius 2 is 2.16 bits per heavy atom. The molecular weight excluding hydrogens is 261 g/mol. The fourth-order valence-electron chi connectivity index (χ4n) is 1.92. The molecule has 0 fully saturated rings. The standard InChI is InChI=1S/C15H18FNOS/c1-11(17)6-13-7-14(16)9-15(8-13)18-4-2-12-3-5-19-10-12/h3,5,7-11H,2,4,6,17H2,1H3. The van der Waals surface area contributed by atoms with Crippen LogP contribution in [0.3, 0.4) is 0 Å². The Morgan fingerprint density at radius 3 is 2.84 bits per heavy atom. The summed E-state index contributed by atoms with van der Waals surface area (Å²) in [7, 11) is 0. The van der Waals surface area contributed by atoms with Gasteiger partial charge in [0.2, 0.25) is 0 Å². The topological polar surface area (TPSA) is 35.2 Å². The Hall–Kier alpha value is -1.39. The van der Waals surface area contributed by atoms with E-state index in [-0.39, 0.29) is 11.9 Å². The lowest BCUT2D eigenvalue weighted by Gasteiger charge is -2.10. The van der Waals surface area contributed by atoms with Crippen LogP contribution >= 0.6 is 11.3 Å². The molecule has 2 nitrogen and oxygen atoms in total. The lowest BCUT2D eigenvalue weighted by Crippen LogP contribution is -2.17. The fourth-order valence-corrected chi connectivity index (χ4v) is 2.62. The number of thiophene rings is 1. The van der Waals surface area contributed by atoms with Crippen LogP contribution in [0.4, 0.5) is 4.39 Å². The minimum absolute atomic E-state index is 0.0143.